The van der Waals surface area contributed by atoms with Gasteiger partial charge in [-0.15, -0.1) is 0 Å². The zero-order valence-electron chi connectivity index (χ0n) is 36.0. The number of aliphatic hydroxyl groups is 1. The van der Waals surface area contributed by atoms with Crippen LogP contribution in [0, 0.1) is 0 Å². The van der Waals surface area contributed by atoms with Crippen LogP contribution in [0.1, 0.15) is 226 Å². The molecule has 0 saturated carbocycles. The molecule has 3 unspecified atom stereocenters. The molecule has 318 valence electrons. The average Bonchev–Trinajstić information content (AvgIpc) is 3.11. The third kappa shape index (κ3) is 39.5. The number of nitrogens with zero attached hydrogens (tertiary/aromatic N) is 1. The van der Waals surface area contributed by atoms with E-state index in [1.807, 2.05) is 21.1 Å². The lowest BCUT2D eigenvalue weighted by molar-refractivity contribution is -0.870. The number of rotatable bonds is 42. The highest BCUT2D eigenvalue weighted by Crippen LogP contribution is 2.43. The Balaban J connectivity index is 3.57. The molecule has 0 heterocycles. The van der Waals surface area contributed by atoms with Crippen molar-refractivity contribution in [2.75, 3.05) is 40.9 Å². The summed E-state index contributed by atoms with van der Waals surface area (Å²) in [6, 6.07) is -0.751. The predicted octanol–water partition coefficient (Wildman–Crippen LogP) is 12.6. The molecule has 0 spiro atoms. The van der Waals surface area contributed by atoms with E-state index in [0.717, 1.165) is 19.3 Å². The van der Waals surface area contributed by atoms with E-state index in [4.69, 9.17) is 9.05 Å². The largest absolute Gasteiger partial charge is 0.472 e. The zero-order valence-corrected chi connectivity index (χ0v) is 36.9. The van der Waals surface area contributed by atoms with E-state index >= 15 is 0 Å². The van der Waals surface area contributed by atoms with E-state index in [-0.39, 0.29) is 25.5 Å². The van der Waals surface area contributed by atoms with Gasteiger partial charge in [-0.2, -0.15) is 0 Å². The first kappa shape index (κ1) is 52.5. The molecular formula is C44H92N2O6P+. The van der Waals surface area contributed by atoms with Gasteiger partial charge < -0.3 is 19.8 Å². The van der Waals surface area contributed by atoms with Crippen molar-refractivity contribution in [3.63, 3.8) is 0 Å². The third-order valence-electron chi connectivity index (χ3n) is 10.7. The van der Waals surface area contributed by atoms with Gasteiger partial charge in [0.15, 0.2) is 0 Å². The summed E-state index contributed by atoms with van der Waals surface area (Å²) in [6.45, 7) is 4.38. The minimum Gasteiger partial charge on any atom is -0.391 e. The highest BCUT2D eigenvalue weighted by atomic mass is 31.2. The summed E-state index contributed by atoms with van der Waals surface area (Å²) in [6.07, 6.45) is 42.5. The Labute approximate surface area is 329 Å². The molecule has 0 fully saturated rings. The fourth-order valence-corrected chi connectivity index (χ4v) is 7.69. The molecule has 8 nitrogen and oxygen atoms in total. The van der Waals surface area contributed by atoms with Crippen LogP contribution in [-0.2, 0) is 18.4 Å². The second kappa shape index (κ2) is 37.1. The number of hydrogen-bond donors (Lipinski definition) is 3. The molecule has 0 aliphatic heterocycles. The van der Waals surface area contributed by atoms with Gasteiger partial charge in [-0.3, -0.25) is 13.8 Å². The van der Waals surface area contributed by atoms with Crippen molar-refractivity contribution in [1.29, 1.82) is 0 Å². The number of phosphoric ester groups is 1. The summed E-state index contributed by atoms with van der Waals surface area (Å²) in [5.74, 6) is -0.229. The summed E-state index contributed by atoms with van der Waals surface area (Å²) in [5.41, 5.74) is 0. The minimum atomic E-state index is -4.27. The Morgan fingerprint density at radius 2 is 0.887 bits per heavy atom. The zero-order chi connectivity index (χ0) is 39.3. The van der Waals surface area contributed by atoms with Crippen LogP contribution < -0.4 is 5.32 Å². The molecule has 3 N–H and O–H groups in total. The van der Waals surface area contributed by atoms with E-state index in [2.05, 4.69) is 12.2 Å². The average molecular weight is 776 g/mol. The molecule has 9 heteroatoms. The number of unbranched alkanes of at least 4 members (excludes halogenated alkanes) is 30. The van der Waals surface area contributed by atoms with Gasteiger partial charge in [0.05, 0.1) is 39.9 Å². The smallest absolute Gasteiger partial charge is 0.391 e. The maximum atomic E-state index is 12.3. The van der Waals surface area contributed by atoms with Crippen LogP contribution >= 0.6 is 7.82 Å². The van der Waals surface area contributed by atoms with E-state index in [9.17, 15) is 19.4 Å². The van der Waals surface area contributed by atoms with Gasteiger partial charge in [0.2, 0.25) is 5.91 Å². The van der Waals surface area contributed by atoms with Crippen molar-refractivity contribution in [1.82, 2.24) is 5.32 Å². The van der Waals surface area contributed by atoms with Gasteiger partial charge in [0.1, 0.15) is 13.2 Å². The first-order chi connectivity index (χ1) is 25.5. The van der Waals surface area contributed by atoms with Crippen molar-refractivity contribution < 1.29 is 32.9 Å². The van der Waals surface area contributed by atoms with E-state index in [1.165, 1.54) is 180 Å². The second-order valence-electron chi connectivity index (χ2n) is 17.1. The van der Waals surface area contributed by atoms with Gasteiger partial charge in [0.25, 0.3) is 0 Å². The van der Waals surface area contributed by atoms with Crippen LogP contribution in [0.25, 0.3) is 0 Å². The quantitative estimate of drug-likeness (QED) is 0.0324. The summed E-state index contributed by atoms with van der Waals surface area (Å²) < 4.78 is 23.1. The number of amides is 1. The Morgan fingerprint density at radius 3 is 1.19 bits per heavy atom. The van der Waals surface area contributed by atoms with Crippen LogP contribution in [0.3, 0.4) is 0 Å². The van der Waals surface area contributed by atoms with Crippen molar-refractivity contribution in [2.45, 2.75) is 238 Å². The summed E-state index contributed by atoms with van der Waals surface area (Å²) in [5, 5.41) is 13.5. The van der Waals surface area contributed by atoms with Crippen molar-refractivity contribution in [3.8, 4) is 0 Å². The monoisotopic (exact) mass is 776 g/mol. The number of aliphatic hydroxyl groups excluding tert-OH is 1. The fraction of sp³-hybridized carbons (Fsp3) is 0.977. The van der Waals surface area contributed by atoms with E-state index < -0.39 is 20.0 Å². The molecule has 1 amide bonds. The van der Waals surface area contributed by atoms with Gasteiger partial charge in [-0.1, -0.05) is 213 Å². The molecule has 0 aromatic carbocycles. The Hall–Kier alpha value is -0.500. The number of quaternary nitrogens is 1. The number of hydrogen-bond acceptors (Lipinski definition) is 5. The molecule has 53 heavy (non-hydrogen) atoms. The maximum Gasteiger partial charge on any atom is 0.472 e. The first-order valence-electron chi connectivity index (χ1n) is 22.9. The minimum absolute atomic E-state index is 0.0749. The highest BCUT2D eigenvalue weighted by molar-refractivity contribution is 7.47. The van der Waals surface area contributed by atoms with Gasteiger partial charge in [-0.05, 0) is 6.42 Å². The molecule has 0 radical (unpaired) electrons. The van der Waals surface area contributed by atoms with Gasteiger partial charge in [0, 0.05) is 6.42 Å². The van der Waals surface area contributed by atoms with Crippen LogP contribution in [0.5, 0.6) is 0 Å². The summed E-state index contributed by atoms with van der Waals surface area (Å²) in [7, 11) is 1.62. The molecule has 0 aliphatic rings. The number of phosphoric acid groups is 1. The highest BCUT2D eigenvalue weighted by Gasteiger charge is 2.28. The molecule has 0 aromatic heterocycles. The lowest BCUT2D eigenvalue weighted by Gasteiger charge is -2.26. The number of carbonyl (C=O) groups excluding carboxylic acids is 1. The Bertz CT molecular complexity index is 839. The SMILES string of the molecule is CCCCCCCCCCCCCCCCCCCCCCCCCCCCCCCCCC(O)C(COP(=O)(O)OCC[N+](C)(C)C)NC(=O)CC. The second-order valence-corrected chi connectivity index (χ2v) is 18.6. The maximum absolute atomic E-state index is 12.3. The normalized spacial score (nSPS) is 14.3. The lowest BCUT2D eigenvalue weighted by atomic mass is 10.0. The summed E-state index contributed by atoms with van der Waals surface area (Å²) >= 11 is 0. The molecule has 3 atom stereocenters. The number of carbonyl (C=O) groups is 1. The predicted molar refractivity (Wildman–Crippen MR) is 226 cm³/mol. The fourth-order valence-electron chi connectivity index (χ4n) is 6.95. The van der Waals surface area contributed by atoms with Crippen molar-refractivity contribution in [2.24, 2.45) is 0 Å². The molecule has 0 bridgehead atoms. The first-order valence-corrected chi connectivity index (χ1v) is 24.4. The van der Waals surface area contributed by atoms with Crippen LogP contribution in [0.2, 0.25) is 0 Å². The van der Waals surface area contributed by atoms with Crippen LogP contribution in [-0.4, -0.2) is 73.4 Å². The topological polar surface area (TPSA) is 105 Å². The lowest BCUT2D eigenvalue weighted by Crippen LogP contribution is -2.46. The van der Waals surface area contributed by atoms with Gasteiger partial charge in [-0.25, -0.2) is 4.57 Å². The van der Waals surface area contributed by atoms with Crippen LogP contribution in [0.15, 0.2) is 0 Å². The Kier molecular flexibility index (Phi) is 36.7. The van der Waals surface area contributed by atoms with Crippen molar-refractivity contribution >= 4 is 13.7 Å². The molecular weight excluding hydrogens is 683 g/mol. The number of likely N-dealkylation sites (N-methyl/N-ethyl adjacent to an activating group) is 1. The Morgan fingerprint density at radius 1 is 0.566 bits per heavy atom. The van der Waals surface area contributed by atoms with Gasteiger partial charge >= 0.3 is 7.82 Å². The summed E-state index contributed by atoms with van der Waals surface area (Å²) in [4.78, 5) is 22.0. The molecule has 0 aromatic rings. The molecule has 0 saturated heterocycles. The van der Waals surface area contributed by atoms with E-state index in [1.54, 1.807) is 6.92 Å². The number of nitrogens with one attached hydrogen (secondary N) is 1. The third-order valence-corrected chi connectivity index (χ3v) is 11.7. The molecule has 0 rings (SSSR count). The van der Waals surface area contributed by atoms with Crippen LogP contribution in [0.4, 0.5) is 0 Å². The standard InChI is InChI=1S/C44H91N2O6P/c1-6-8-9-10-11-12-13-14-15-16-17-18-19-20-21-22-23-24-25-26-27-28-29-30-31-32-33-34-35-36-37-38-43(47)42(45-44(48)7-2)41-52-53(49,50)51-40-39-46(3,4)5/h42-43,47H,6-41H2,1-5H3,(H-,45,48,49,50)/p+1. The van der Waals surface area contributed by atoms with Crippen molar-refractivity contribution in [3.05, 3.63) is 0 Å². The van der Waals surface area contributed by atoms with E-state index in [0.29, 0.717) is 17.4 Å². The molecule has 0 aliphatic carbocycles.